The average Bonchev–Trinajstić information content (AvgIpc) is 3.19. The van der Waals surface area contributed by atoms with Crippen LogP contribution in [0.3, 0.4) is 0 Å². The van der Waals surface area contributed by atoms with Crippen LogP contribution in [-0.4, -0.2) is 64.3 Å². The van der Waals surface area contributed by atoms with E-state index < -0.39 is 13.0 Å². The molecule has 10 heteroatoms. The van der Waals surface area contributed by atoms with Crippen molar-refractivity contribution in [3.8, 4) is 5.88 Å². The monoisotopic (exact) mass is 376 g/mol. The van der Waals surface area contributed by atoms with Crippen LogP contribution in [0.4, 0.5) is 14.5 Å². The van der Waals surface area contributed by atoms with Crippen molar-refractivity contribution >= 4 is 16.6 Å². The third-order valence-electron chi connectivity index (χ3n) is 4.43. The van der Waals surface area contributed by atoms with E-state index in [-0.39, 0.29) is 5.88 Å². The zero-order valence-corrected chi connectivity index (χ0v) is 14.5. The number of hydrogen-bond acceptors (Lipinski definition) is 8. The molecular weight excluding hydrogens is 358 g/mol. The third kappa shape index (κ3) is 4.11. The van der Waals surface area contributed by atoms with E-state index in [1.54, 1.807) is 0 Å². The number of aromatic nitrogens is 4. The second-order valence-corrected chi connectivity index (χ2v) is 6.18. The predicted octanol–water partition coefficient (Wildman–Crippen LogP) is 1.98. The van der Waals surface area contributed by atoms with Gasteiger partial charge in [0.2, 0.25) is 18.2 Å². The molecule has 1 aliphatic heterocycles. The Morgan fingerprint density at radius 3 is 2.74 bits per heavy atom. The summed E-state index contributed by atoms with van der Waals surface area (Å²) in [6.07, 6.45) is 0.0975. The molecule has 0 spiro atoms. The molecule has 0 N–H and O–H groups in total. The Bertz CT molecular complexity index is 884. The van der Waals surface area contributed by atoms with E-state index in [4.69, 9.17) is 9.15 Å². The van der Waals surface area contributed by atoms with Gasteiger partial charge in [0.25, 0.3) is 6.43 Å². The minimum absolute atomic E-state index is 0.178. The minimum atomic E-state index is -2.55. The van der Waals surface area contributed by atoms with Crippen molar-refractivity contribution in [2.45, 2.75) is 13.0 Å². The number of rotatable bonds is 6. The van der Waals surface area contributed by atoms with Gasteiger partial charge in [-0.15, -0.1) is 10.2 Å². The molecule has 0 unspecified atom stereocenters. The van der Waals surface area contributed by atoms with Gasteiger partial charge in [-0.25, -0.2) is 18.7 Å². The van der Waals surface area contributed by atoms with Crippen molar-refractivity contribution in [1.82, 2.24) is 25.1 Å². The molecule has 0 saturated carbocycles. The van der Waals surface area contributed by atoms with Crippen LogP contribution in [0.25, 0.3) is 10.9 Å². The number of benzene rings is 1. The quantitative estimate of drug-likeness (QED) is 0.646. The second kappa shape index (κ2) is 7.78. The molecule has 1 aromatic carbocycles. The molecule has 0 radical (unpaired) electrons. The molecule has 0 atom stereocenters. The summed E-state index contributed by atoms with van der Waals surface area (Å²) >= 11 is 0. The summed E-state index contributed by atoms with van der Waals surface area (Å²) in [6.45, 7) is 3.28. The van der Waals surface area contributed by atoms with Crippen molar-refractivity contribution in [2.24, 2.45) is 0 Å². The summed E-state index contributed by atoms with van der Waals surface area (Å²) in [4.78, 5) is 12.7. The Hall–Kier alpha value is -2.88. The summed E-state index contributed by atoms with van der Waals surface area (Å²) in [7, 11) is 0. The Kier molecular flexibility index (Phi) is 5.05. The van der Waals surface area contributed by atoms with Crippen molar-refractivity contribution in [3.63, 3.8) is 0 Å². The summed E-state index contributed by atoms with van der Waals surface area (Å²) in [5.41, 5.74) is 1.64. The van der Waals surface area contributed by atoms with Crippen molar-refractivity contribution in [2.75, 3.05) is 37.7 Å². The first-order valence-electron chi connectivity index (χ1n) is 8.57. The highest BCUT2D eigenvalue weighted by Crippen LogP contribution is 2.27. The Morgan fingerprint density at radius 2 is 2.00 bits per heavy atom. The second-order valence-electron chi connectivity index (χ2n) is 6.18. The van der Waals surface area contributed by atoms with Crippen LogP contribution in [-0.2, 0) is 6.54 Å². The standard InChI is InChI=1S/C17H18F2N6O2/c18-15(19)9-26-17-13-7-12(1-2-14(13)20-10-21-17)25-5-3-24(4-6-25)8-16-23-22-11-27-16/h1-2,7,10-11,15H,3-6,8-9H2. The van der Waals surface area contributed by atoms with Crippen LogP contribution in [0.5, 0.6) is 5.88 Å². The summed E-state index contributed by atoms with van der Waals surface area (Å²) in [5, 5.41) is 8.23. The zero-order chi connectivity index (χ0) is 18.6. The fraction of sp³-hybridized carbons (Fsp3) is 0.412. The van der Waals surface area contributed by atoms with Gasteiger partial charge in [-0.2, -0.15) is 0 Å². The van der Waals surface area contributed by atoms with E-state index in [1.165, 1.54) is 12.7 Å². The van der Waals surface area contributed by atoms with Crippen molar-refractivity contribution in [1.29, 1.82) is 0 Å². The Morgan fingerprint density at radius 1 is 1.15 bits per heavy atom. The van der Waals surface area contributed by atoms with Crippen LogP contribution in [0.1, 0.15) is 5.89 Å². The van der Waals surface area contributed by atoms with E-state index in [2.05, 4.69) is 30.0 Å². The van der Waals surface area contributed by atoms with Crippen LogP contribution < -0.4 is 9.64 Å². The molecule has 3 aromatic rings. The summed E-state index contributed by atoms with van der Waals surface area (Å²) in [6, 6.07) is 5.72. The number of ether oxygens (including phenoxy) is 1. The fourth-order valence-corrected chi connectivity index (χ4v) is 3.09. The van der Waals surface area contributed by atoms with Gasteiger partial charge in [-0.3, -0.25) is 4.90 Å². The van der Waals surface area contributed by atoms with Crippen LogP contribution in [0.2, 0.25) is 0 Å². The SMILES string of the molecule is FC(F)COc1ncnc2ccc(N3CCN(Cc4nnco4)CC3)cc12. The number of halogens is 2. The van der Waals surface area contributed by atoms with Gasteiger partial charge < -0.3 is 14.1 Å². The molecule has 27 heavy (non-hydrogen) atoms. The van der Waals surface area contributed by atoms with Crippen LogP contribution in [0, 0.1) is 0 Å². The van der Waals surface area contributed by atoms with Gasteiger partial charge in [-0.1, -0.05) is 0 Å². The van der Waals surface area contributed by atoms with Gasteiger partial charge in [-0.05, 0) is 18.2 Å². The van der Waals surface area contributed by atoms with E-state index in [0.717, 1.165) is 31.9 Å². The first-order chi connectivity index (χ1) is 13.2. The van der Waals surface area contributed by atoms with Gasteiger partial charge in [0, 0.05) is 31.9 Å². The van der Waals surface area contributed by atoms with Crippen molar-refractivity contribution in [3.05, 3.63) is 36.8 Å². The molecule has 1 fully saturated rings. The molecule has 142 valence electrons. The maximum absolute atomic E-state index is 12.5. The molecule has 8 nitrogen and oxygen atoms in total. The van der Waals surface area contributed by atoms with Gasteiger partial charge >= 0.3 is 0 Å². The normalized spacial score (nSPS) is 15.6. The molecule has 0 aliphatic carbocycles. The van der Waals surface area contributed by atoms with E-state index in [1.807, 2.05) is 18.2 Å². The smallest absolute Gasteiger partial charge is 0.272 e. The molecule has 1 aliphatic rings. The maximum atomic E-state index is 12.5. The molecule has 0 amide bonds. The first kappa shape index (κ1) is 17.5. The number of piperazine rings is 1. The van der Waals surface area contributed by atoms with E-state index >= 15 is 0 Å². The lowest BCUT2D eigenvalue weighted by atomic mass is 10.2. The molecule has 1 saturated heterocycles. The number of anilines is 1. The maximum Gasteiger partial charge on any atom is 0.272 e. The largest absolute Gasteiger partial charge is 0.471 e. The van der Waals surface area contributed by atoms with Gasteiger partial charge in [0.15, 0.2) is 6.61 Å². The number of alkyl halides is 2. The molecular formula is C17H18F2N6O2. The van der Waals surface area contributed by atoms with E-state index in [0.29, 0.717) is 23.3 Å². The first-order valence-corrected chi connectivity index (χ1v) is 8.57. The third-order valence-corrected chi connectivity index (χ3v) is 4.43. The average molecular weight is 376 g/mol. The van der Waals surface area contributed by atoms with Crippen molar-refractivity contribution < 1.29 is 17.9 Å². The Labute approximate surface area is 153 Å². The minimum Gasteiger partial charge on any atom is -0.471 e. The summed E-state index contributed by atoms with van der Waals surface area (Å²) < 4.78 is 35.3. The molecule has 3 heterocycles. The van der Waals surface area contributed by atoms with Crippen LogP contribution >= 0.6 is 0 Å². The lowest BCUT2D eigenvalue weighted by Gasteiger charge is -2.35. The van der Waals surface area contributed by atoms with E-state index in [9.17, 15) is 8.78 Å². The topological polar surface area (TPSA) is 80.4 Å². The predicted molar refractivity (Wildman–Crippen MR) is 92.8 cm³/mol. The summed E-state index contributed by atoms with van der Waals surface area (Å²) in [5.74, 6) is 0.782. The number of hydrogen-bond donors (Lipinski definition) is 0. The highest BCUT2D eigenvalue weighted by Gasteiger charge is 2.19. The highest BCUT2D eigenvalue weighted by molar-refractivity contribution is 5.86. The lowest BCUT2D eigenvalue weighted by Crippen LogP contribution is -2.46. The lowest BCUT2D eigenvalue weighted by molar-refractivity contribution is 0.0804. The number of fused-ring (bicyclic) bond motifs is 1. The van der Waals surface area contributed by atoms with Crippen LogP contribution in [0.15, 0.2) is 35.3 Å². The molecule has 2 aromatic heterocycles. The molecule has 4 rings (SSSR count). The molecule has 0 bridgehead atoms. The zero-order valence-electron chi connectivity index (χ0n) is 14.5. The number of nitrogens with zero attached hydrogens (tertiary/aromatic N) is 6. The van der Waals surface area contributed by atoms with Gasteiger partial charge in [0.1, 0.15) is 6.33 Å². The van der Waals surface area contributed by atoms with Gasteiger partial charge in [0.05, 0.1) is 17.4 Å². The Balaban J connectivity index is 1.46. The fourth-order valence-electron chi connectivity index (χ4n) is 3.09. The highest BCUT2D eigenvalue weighted by atomic mass is 19.3.